The van der Waals surface area contributed by atoms with Crippen molar-refractivity contribution in [3.63, 3.8) is 0 Å². The Morgan fingerprint density at radius 2 is 1.78 bits per heavy atom. The third-order valence-electron chi connectivity index (χ3n) is 2.91. The zero-order valence-electron chi connectivity index (χ0n) is 13.0. The van der Waals surface area contributed by atoms with Gasteiger partial charge in [-0.2, -0.15) is 0 Å². The van der Waals surface area contributed by atoms with Crippen molar-refractivity contribution < 1.29 is 23.9 Å². The minimum atomic E-state index is -0.908. The number of amides is 4. The third kappa shape index (κ3) is 5.06. The molecule has 7 heteroatoms. The summed E-state index contributed by atoms with van der Waals surface area (Å²) < 4.78 is 4.48. The molecule has 0 aliphatic carbocycles. The van der Waals surface area contributed by atoms with E-state index in [1.165, 1.54) is 12.2 Å². The van der Waals surface area contributed by atoms with Gasteiger partial charge in [0.1, 0.15) is 6.29 Å². The molecule has 1 rings (SSSR count). The number of carbonyl (C=O) groups excluding carboxylic acids is 4. The highest BCUT2D eigenvalue weighted by atomic mass is 16.5. The van der Waals surface area contributed by atoms with Crippen LogP contribution < -0.4 is 0 Å². The molecule has 0 N–H and O–H groups in total. The van der Waals surface area contributed by atoms with Crippen molar-refractivity contribution in [2.24, 2.45) is 0 Å². The first-order chi connectivity index (χ1) is 11.0. The van der Waals surface area contributed by atoms with Crippen LogP contribution in [0.3, 0.4) is 0 Å². The summed E-state index contributed by atoms with van der Waals surface area (Å²) in [6, 6.07) is 8.08. The number of ether oxygens (including phenoxy) is 1. The molecular weight excluding hydrogens is 300 g/mol. The summed E-state index contributed by atoms with van der Waals surface area (Å²) >= 11 is 0. The Balaban J connectivity index is 2.93. The van der Waals surface area contributed by atoms with Gasteiger partial charge in [-0.25, -0.2) is 14.5 Å². The molecule has 0 unspecified atom stereocenters. The third-order valence-corrected chi connectivity index (χ3v) is 2.91. The zero-order chi connectivity index (χ0) is 17.2. The molecule has 0 aliphatic heterocycles. The van der Waals surface area contributed by atoms with Gasteiger partial charge in [0.25, 0.3) is 5.91 Å². The van der Waals surface area contributed by atoms with Gasteiger partial charge in [-0.05, 0) is 18.6 Å². The molecule has 0 bridgehead atoms. The van der Waals surface area contributed by atoms with Crippen LogP contribution >= 0.6 is 0 Å². The number of urea groups is 1. The van der Waals surface area contributed by atoms with Crippen LogP contribution in [0.1, 0.15) is 12.5 Å². The number of methoxy groups -OCH3 is 1. The van der Waals surface area contributed by atoms with E-state index >= 15 is 0 Å². The number of nitrogens with zero attached hydrogens (tertiary/aromatic N) is 2. The summed E-state index contributed by atoms with van der Waals surface area (Å²) in [5, 5.41) is 0. The quantitative estimate of drug-likeness (QED) is 0.612. The van der Waals surface area contributed by atoms with Crippen LogP contribution in [0.5, 0.6) is 0 Å². The standard InChI is InChI=1S/C16H18N2O5/c1-3-17(16(22)23-2)15(21)18(11-12-19)14(20)10-9-13-7-5-4-6-8-13/h4-10,12H,3,11H2,1-2H3/b10-9+. The lowest BCUT2D eigenvalue weighted by Gasteiger charge is -2.24. The summed E-state index contributed by atoms with van der Waals surface area (Å²) in [4.78, 5) is 48.1. The fourth-order valence-electron chi connectivity index (χ4n) is 1.76. The Morgan fingerprint density at radius 3 is 2.30 bits per heavy atom. The molecule has 122 valence electrons. The van der Waals surface area contributed by atoms with Gasteiger partial charge in [0, 0.05) is 12.6 Å². The van der Waals surface area contributed by atoms with Crippen LogP contribution in [0.15, 0.2) is 36.4 Å². The molecule has 23 heavy (non-hydrogen) atoms. The maximum Gasteiger partial charge on any atom is 0.417 e. The molecule has 1 aromatic carbocycles. The minimum Gasteiger partial charge on any atom is -0.452 e. The Hall–Kier alpha value is -2.96. The number of rotatable bonds is 5. The predicted molar refractivity (Wildman–Crippen MR) is 83.4 cm³/mol. The minimum absolute atomic E-state index is 0.0105. The predicted octanol–water partition coefficient (Wildman–Crippen LogP) is 1.94. The smallest absolute Gasteiger partial charge is 0.417 e. The van der Waals surface area contributed by atoms with Gasteiger partial charge in [0.05, 0.1) is 13.7 Å². The van der Waals surface area contributed by atoms with Crippen molar-refractivity contribution in [1.82, 2.24) is 9.80 Å². The van der Waals surface area contributed by atoms with Gasteiger partial charge in [0.15, 0.2) is 0 Å². The highest BCUT2D eigenvalue weighted by molar-refractivity contribution is 6.06. The van der Waals surface area contributed by atoms with E-state index in [1.807, 2.05) is 6.07 Å². The second-order valence-electron chi connectivity index (χ2n) is 4.36. The number of aldehydes is 1. The van der Waals surface area contributed by atoms with E-state index in [0.717, 1.165) is 17.6 Å². The number of imide groups is 2. The zero-order valence-corrected chi connectivity index (χ0v) is 13.0. The van der Waals surface area contributed by atoms with Crippen molar-refractivity contribution in [3.05, 3.63) is 42.0 Å². The summed E-state index contributed by atoms with van der Waals surface area (Å²) in [7, 11) is 1.12. The monoisotopic (exact) mass is 318 g/mol. The van der Waals surface area contributed by atoms with Crippen LogP contribution in [0, 0.1) is 0 Å². The number of hydrogen-bond acceptors (Lipinski definition) is 5. The van der Waals surface area contributed by atoms with Crippen LogP contribution in [0.2, 0.25) is 0 Å². The lowest BCUT2D eigenvalue weighted by molar-refractivity contribution is -0.125. The molecular formula is C16H18N2O5. The van der Waals surface area contributed by atoms with Crippen molar-refractivity contribution >= 4 is 30.4 Å². The van der Waals surface area contributed by atoms with E-state index in [2.05, 4.69) is 4.74 Å². The molecule has 4 amide bonds. The van der Waals surface area contributed by atoms with Gasteiger partial charge in [-0.1, -0.05) is 30.3 Å². The highest BCUT2D eigenvalue weighted by Crippen LogP contribution is 2.05. The molecule has 0 spiro atoms. The molecule has 0 radical (unpaired) electrons. The van der Waals surface area contributed by atoms with E-state index in [0.29, 0.717) is 11.2 Å². The van der Waals surface area contributed by atoms with Crippen molar-refractivity contribution in [2.75, 3.05) is 20.2 Å². The van der Waals surface area contributed by atoms with Gasteiger partial charge >= 0.3 is 12.1 Å². The van der Waals surface area contributed by atoms with E-state index in [4.69, 9.17) is 0 Å². The lowest BCUT2D eigenvalue weighted by Crippen LogP contribution is -2.48. The van der Waals surface area contributed by atoms with Gasteiger partial charge in [-0.3, -0.25) is 9.69 Å². The first kappa shape index (κ1) is 18.1. The Kier molecular flexibility index (Phi) is 7.19. The molecule has 7 nitrogen and oxygen atoms in total. The van der Waals surface area contributed by atoms with Gasteiger partial charge in [0.2, 0.25) is 0 Å². The number of carbonyl (C=O) groups is 4. The van der Waals surface area contributed by atoms with Gasteiger partial charge < -0.3 is 9.53 Å². The van der Waals surface area contributed by atoms with E-state index in [-0.39, 0.29) is 6.54 Å². The van der Waals surface area contributed by atoms with Crippen molar-refractivity contribution in [3.8, 4) is 0 Å². The SMILES string of the molecule is CCN(C(=O)OC)C(=O)N(CC=O)C(=O)/C=C/c1ccccc1. The number of hydrogen-bond donors (Lipinski definition) is 0. The van der Waals surface area contributed by atoms with Crippen molar-refractivity contribution in [2.45, 2.75) is 6.92 Å². The lowest BCUT2D eigenvalue weighted by atomic mass is 10.2. The molecule has 0 fully saturated rings. The topological polar surface area (TPSA) is 84.0 Å². The molecule has 0 aliphatic rings. The van der Waals surface area contributed by atoms with E-state index < -0.39 is 24.6 Å². The summed E-state index contributed by atoms with van der Waals surface area (Å²) in [6.07, 6.45) is 2.20. The van der Waals surface area contributed by atoms with E-state index in [9.17, 15) is 19.2 Å². The Morgan fingerprint density at radius 1 is 1.13 bits per heavy atom. The summed E-state index contributed by atoms with van der Waals surface area (Å²) in [6.45, 7) is 1.11. The molecule has 0 saturated heterocycles. The number of benzene rings is 1. The maximum atomic E-state index is 12.3. The Labute approximate surface area is 134 Å². The Bertz CT molecular complexity index is 598. The molecule has 0 atom stereocenters. The molecule has 0 aromatic heterocycles. The molecule has 1 aromatic rings. The molecule has 0 heterocycles. The fourth-order valence-corrected chi connectivity index (χ4v) is 1.76. The van der Waals surface area contributed by atoms with Gasteiger partial charge in [-0.15, -0.1) is 0 Å². The fraction of sp³-hybridized carbons (Fsp3) is 0.250. The largest absolute Gasteiger partial charge is 0.452 e. The highest BCUT2D eigenvalue weighted by Gasteiger charge is 2.28. The molecule has 0 saturated carbocycles. The van der Waals surface area contributed by atoms with Crippen molar-refractivity contribution in [1.29, 1.82) is 0 Å². The summed E-state index contributed by atoms with van der Waals surface area (Å²) in [5.74, 6) is -0.701. The second kappa shape index (κ2) is 9.14. The normalized spacial score (nSPS) is 10.2. The van der Waals surface area contributed by atoms with Crippen LogP contribution in [0.4, 0.5) is 9.59 Å². The summed E-state index contributed by atoms with van der Waals surface area (Å²) in [5.41, 5.74) is 0.764. The average Bonchev–Trinajstić information content (AvgIpc) is 2.58. The van der Waals surface area contributed by atoms with Crippen LogP contribution in [0.25, 0.3) is 6.08 Å². The second-order valence-corrected chi connectivity index (χ2v) is 4.36. The van der Waals surface area contributed by atoms with Crippen LogP contribution in [-0.2, 0) is 14.3 Å². The maximum absolute atomic E-state index is 12.3. The van der Waals surface area contributed by atoms with E-state index in [1.54, 1.807) is 31.2 Å². The first-order valence-corrected chi connectivity index (χ1v) is 6.92. The van der Waals surface area contributed by atoms with Crippen LogP contribution in [-0.4, -0.2) is 54.3 Å². The average molecular weight is 318 g/mol. The first-order valence-electron chi connectivity index (χ1n) is 6.92.